The van der Waals surface area contributed by atoms with Crippen LogP contribution in [0.3, 0.4) is 0 Å². The molecule has 0 atom stereocenters. The average Bonchev–Trinajstić information content (AvgIpc) is 2.75. The van der Waals surface area contributed by atoms with Crippen LogP contribution in [0, 0.1) is 34.5 Å². The molecule has 0 saturated heterocycles. The Morgan fingerprint density at radius 3 is 1.82 bits per heavy atom. The van der Waals surface area contributed by atoms with Crippen LogP contribution in [-0.2, 0) is 0 Å². The number of nitriles is 1. The van der Waals surface area contributed by atoms with Gasteiger partial charge in [-0.15, -0.1) is 0 Å². The summed E-state index contributed by atoms with van der Waals surface area (Å²) in [5, 5.41) is 9.88. The van der Waals surface area contributed by atoms with E-state index in [0.717, 1.165) is 17.8 Å². The largest absolute Gasteiger partial charge is 0.198 e. The zero-order chi connectivity index (χ0) is 20.1. The minimum Gasteiger partial charge on any atom is -0.198 e. The lowest BCUT2D eigenvalue weighted by Crippen LogP contribution is -2.31. The summed E-state index contributed by atoms with van der Waals surface area (Å²) < 4.78 is 0. The van der Waals surface area contributed by atoms with Crippen LogP contribution in [0.1, 0.15) is 142 Å². The van der Waals surface area contributed by atoms with E-state index in [2.05, 4.69) is 19.9 Å². The summed E-state index contributed by atoms with van der Waals surface area (Å²) in [6.07, 6.45) is 27.5. The van der Waals surface area contributed by atoms with E-state index >= 15 is 0 Å². The zero-order valence-electron chi connectivity index (χ0n) is 19.3. The molecule has 0 unspecified atom stereocenters. The van der Waals surface area contributed by atoms with Crippen LogP contribution >= 0.6 is 0 Å². The Bertz CT molecular complexity index is 418. The predicted molar refractivity (Wildman–Crippen MR) is 122 cm³/mol. The first-order chi connectivity index (χ1) is 13.7. The molecule has 1 nitrogen and oxygen atoms in total. The highest BCUT2D eigenvalue weighted by Gasteiger charge is 2.38. The molecule has 2 aliphatic carbocycles. The van der Waals surface area contributed by atoms with E-state index in [9.17, 15) is 5.26 Å². The Morgan fingerprint density at radius 2 is 1.21 bits per heavy atom. The van der Waals surface area contributed by atoms with Crippen molar-refractivity contribution in [3.63, 3.8) is 0 Å². The van der Waals surface area contributed by atoms with E-state index in [-0.39, 0.29) is 5.41 Å². The Balaban J connectivity index is 1.62. The molecule has 0 N–H and O–H groups in total. The van der Waals surface area contributed by atoms with Crippen molar-refractivity contribution in [3.05, 3.63) is 0 Å². The van der Waals surface area contributed by atoms with E-state index in [0.29, 0.717) is 0 Å². The average molecular weight is 388 g/mol. The summed E-state index contributed by atoms with van der Waals surface area (Å²) in [6.45, 7) is 4.59. The molecule has 0 amide bonds. The van der Waals surface area contributed by atoms with Gasteiger partial charge in [0, 0.05) is 0 Å². The molecule has 0 aromatic heterocycles. The number of nitrogens with zero attached hydrogens (tertiary/aromatic N) is 1. The van der Waals surface area contributed by atoms with Crippen molar-refractivity contribution in [2.24, 2.45) is 23.2 Å². The topological polar surface area (TPSA) is 23.8 Å². The molecule has 0 radical (unpaired) electrons. The second kappa shape index (κ2) is 13.7. The first-order valence-corrected chi connectivity index (χ1v) is 13.1. The normalized spacial score (nSPS) is 30.8. The SMILES string of the molecule is CCCCCCCCC1(C#N)CCC(C2CCC(CCCCCC)CC2)CC1. The van der Waals surface area contributed by atoms with Crippen LogP contribution in [0.2, 0.25) is 0 Å². The molecule has 0 bridgehead atoms. The van der Waals surface area contributed by atoms with E-state index in [4.69, 9.17) is 0 Å². The van der Waals surface area contributed by atoms with E-state index in [1.54, 1.807) is 0 Å². The first-order valence-electron chi connectivity index (χ1n) is 13.1. The van der Waals surface area contributed by atoms with Crippen molar-refractivity contribution in [1.82, 2.24) is 0 Å². The Labute approximate surface area is 177 Å². The molecule has 0 aromatic carbocycles. The molecule has 2 aliphatic rings. The minimum atomic E-state index is 0.0394. The third-order valence-corrected chi connectivity index (χ3v) is 8.26. The molecule has 0 spiro atoms. The molecule has 0 aliphatic heterocycles. The molecule has 2 rings (SSSR count). The van der Waals surface area contributed by atoms with Gasteiger partial charge in [0.15, 0.2) is 0 Å². The second-order valence-corrected chi connectivity index (χ2v) is 10.4. The Hall–Kier alpha value is -0.510. The minimum absolute atomic E-state index is 0.0394. The lowest BCUT2D eigenvalue weighted by atomic mass is 9.63. The fraction of sp³-hybridized carbons (Fsp3) is 0.963. The van der Waals surface area contributed by atoms with Gasteiger partial charge in [-0.1, -0.05) is 97.3 Å². The second-order valence-electron chi connectivity index (χ2n) is 10.4. The van der Waals surface area contributed by atoms with Crippen LogP contribution in [0.25, 0.3) is 0 Å². The van der Waals surface area contributed by atoms with Gasteiger partial charge in [0.25, 0.3) is 0 Å². The molecule has 0 aromatic rings. The monoisotopic (exact) mass is 387 g/mol. The van der Waals surface area contributed by atoms with Gasteiger partial charge in [-0.2, -0.15) is 5.26 Å². The van der Waals surface area contributed by atoms with Gasteiger partial charge in [0.2, 0.25) is 0 Å². The maximum Gasteiger partial charge on any atom is 0.0689 e. The van der Waals surface area contributed by atoms with Gasteiger partial charge in [-0.05, 0) is 62.7 Å². The third-order valence-electron chi connectivity index (χ3n) is 8.26. The van der Waals surface area contributed by atoms with E-state index in [1.807, 2.05) is 0 Å². The fourth-order valence-electron chi connectivity index (χ4n) is 6.13. The molecular formula is C27H49N. The van der Waals surface area contributed by atoms with Crippen LogP contribution in [-0.4, -0.2) is 0 Å². The third kappa shape index (κ3) is 8.08. The predicted octanol–water partition coefficient (Wildman–Crippen LogP) is 9.21. The highest BCUT2D eigenvalue weighted by Crippen LogP contribution is 2.47. The number of hydrogen-bond donors (Lipinski definition) is 0. The fourth-order valence-corrected chi connectivity index (χ4v) is 6.13. The Kier molecular flexibility index (Phi) is 11.6. The summed E-state index contributed by atoms with van der Waals surface area (Å²) in [6, 6.07) is 2.78. The number of rotatable bonds is 13. The molecule has 0 heterocycles. The van der Waals surface area contributed by atoms with Crippen molar-refractivity contribution in [2.75, 3.05) is 0 Å². The maximum atomic E-state index is 9.88. The van der Waals surface area contributed by atoms with Crippen molar-refractivity contribution < 1.29 is 0 Å². The summed E-state index contributed by atoms with van der Waals surface area (Å²) in [7, 11) is 0. The van der Waals surface area contributed by atoms with Gasteiger partial charge in [0.1, 0.15) is 0 Å². The van der Waals surface area contributed by atoms with Crippen molar-refractivity contribution in [3.8, 4) is 6.07 Å². The van der Waals surface area contributed by atoms with Gasteiger partial charge >= 0.3 is 0 Å². The highest BCUT2D eigenvalue weighted by atomic mass is 14.4. The summed E-state index contributed by atoms with van der Waals surface area (Å²) >= 11 is 0. The molecule has 28 heavy (non-hydrogen) atoms. The van der Waals surface area contributed by atoms with Gasteiger partial charge in [0.05, 0.1) is 11.5 Å². The maximum absolute atomic E-state index is 9.88. The van der Waals surface area contributed by atoms with Crippen molar-refractivity contribution >= 4 is 0 Å². The highest BCUT2D eigenvalue weighted by molar-refractivity contribution is 5.02. The molecule has 2 saturated carbocycles. The van der Waals surface area contributed by atoms with Crippen molar-refractivity contribution in [1.29, 1.82) is 5.26 Å². The quantitative estimate of drug-likeness (QED) is 0.289. The van der Waals surface area contributed by atoms with Gasteiger partial charge in [-0.25, -0.2) is 0 Å². The molecule has 2 fully saturated rings. The summed E-state index contributed by atoms with van der Waals surface area (Å²) in [5.74, 6) is 2.95. The standard InChI is InChI=1S/C27H49N/c1-3-5-7-9-10-12-20-27(23-28)21-18-26(19-22-27)25-16-14-24(15-17-25)13-11-8-6-4-2/h24-26H,3-22H2,1-2H3. The summed E-state index contributed by atoms with van der Waals surface area (Å²) in [5.41, 5.74) is 0.0394. The first kappa shape index (κ1) is 23.8. The number of hydrogen-bond acceptors (Lipinski definition) is 1. The van der Waals surface area contributed by atoms with Crippen LogP contribution in [0.15, 0.2) is 0 Å². The van der Waals surface area contributed by atoms with E-state index < -0.39 is 0 Å². The lowest BCUT2D eigenvalue weighted by molar-refractivity contribution is 0.114. The summed E-state index contributed by atoms with van der Waals surface area (Å²) in [4.78, 5) is 0. The molecule has 162 valence electrons. The van der Waals surface area contributed by atoms with Crippen LogP contribution in [0.5, 0.6) is 0 Å². The molecular weight excluding hydrogens is 338 g/mol. The molecule has 1 heteroatoms. The van der Waals surface area contributed by atoms with Crippen molar-refractivity contribution in [2.45, 2.75) is 142 Å². The van der Waals surface area contributed by atoms with Crippen LogP contribution in [0.4, 0.5) is 0 Å². The van der Waals surface area contributed by atoms with Gasteiger partial charge in [-0.3, -0.25) is 0 Å². The van der Waals surface area contributed by atoms with E-state index in [1.165, 1.54) is 128 Å². The smallest absolute Gasteiger partial charge is 0.0689 e. The number of unbranched alkanes of at least 4 members (excludes halogenated alkanes) is 8. The van der Waals surface area contributed by atoms with Crippen LogP contribution < -0.4 is 0 Å². The zero-order valence-corrected chi connectivity index (χ0v) is 19.3. The Morgan fingerprint density at radius 1 is 0.679 bits per heavy atom. The lowest BCUT2D eigenvalue weighted by Gasteiger charge is -2.41. The van der Waals surface area contributed by atoms with Gasteiger partial charge < -0.3 is 0 Å².